The smallest absolute Gasteiger partial charge is 0.326 e. The molecule has 1 amide bonds. The van der Waals surface area contributed by atoms with Gasteiger partial charge in [0.1, 0.15) is 17.3 Å². The first-order valence-corrected chi connectivity index (χ1v) is 9.06. The van der Waals surface area contributed by atoms with Crippen LogP contribution in [-0.4, -0.2) is 40.0 Å². The van der Waals surface area contributed by atoms with E-state index in [-0.39, 0.29) is 12.5 Å². The highest BCUT2D eigenvalue weighted by atomic mass is 16.5. The zero-order valence-corrected chi connectivity index (χ0v) is 15.8. The Bertz CT molecular complexity index is 988. The molecule has 6 heteroatoms. The van der Waals surface area contributed by atoms with Crippen molar-refractivity contribution in [1.82, 2.24) is 9.88 Å². The number of carboxylic acid groups (broad SMARTS) is 1. The lowest BCUT2D eigenvalue weighted by atomic mass is 10.0. The quantitative estimate of drug-likeness (QED) is 0.677. The first-order valence-electron chi connectivity index (χ1n) is 9.06. The summed E-state index contributed by atoms with van der Waals surface area (Å²) in [6, 6.07) is 15.3. The van der Waals surface area contributed by atoms with Crippen molar-refractivity contribution in [2.75, 3.05) is 7.11 Å². The van der Waals surface area contributed by atoms with Gasteiger partial charge < -0.3 is 14.7 Å². The second-order valence-corrected chi connectivity index (χ2v) is 6.40. The van der Waals surface area contributed by atoms with Gasteiger partial charge in [-0.2, -0.15) is 0 Å². The minimum atomic E-state index is -1.03. The molecule has 1 N–H and O–H groups in total. The average Bonchev–Trinajstić information content (AvgIpc) is 2.72. The minimum absolute atomic E-state index is 0.207. The van der Waals surface area contributed by atoms with Crippen molar-refractivity contribution >= 4 is 22.8 Å². The Morgan fingerprint density at radius 3 is 2.50 bits per heavy atom. The van der Waals surface area contributed by atoms with Crippen LogP contribution in [0.1, 0.15) is 29.3 Å². The van der Waals surface area contributed by atoms with Crippen molar-refractivity contribution in [3.8, 4) is 5.75 Å². The number of aromatic nitrogens is 1. The van der Waals surface area contributed by atoms with Crippen LogP contribution in [0.3, 0.4) is 0 Å². The molecule has 0 fully saturated rings. The number of carboxylic acids is 1. The molecule has 144 valence electrons. The van der Waals surface area contributed by atoms with Crippen molar-refractivity contribution in [2.45, 2.75) is 25.9 Å². The molecule has 3 rings (SSSR count). The number of benzene rings is 2. The van der Waals surface area contributed by atoms with Crippen molar-refractivity contribution < 1.29 is 19.4 Å². The topological polar surface area (TPSA) is 79.7 Å². The Hall–Kier alpha value is -3.41. The second-order valence-electron chi connectivity index (χ2n) is 6.40. The van der Waals surface area contributed by atoms with Crippen molar-refractivity contribution in [2.24, 2.45) is 0 Å². The van der Waals surface area contributed by atoms with Crippen molar-refractivity contribution in [1.29, 1.82) is 0 Å². The third kappa shape index (κ3) is 3.81. The summed E-state index contributed by atoms with van der Waals surface area (Å²) in [4.78, 5) is 31.0. The number of amides is 1. The minimum Gasteiger partial charge on any atom is -0.494 e. The first-order chi connectivity index (χ1) is 13.6. The largest absolute Gasteiger partial charge is 0.494 e. The molecule has 28 heavy (non-hydrogen) atoms. The summed E-state index contributed by atoms with van der Waals surface area (Å²) in [5.74, 6) is -0.812. The summed E-state index contributed by atoms with van der Waals surface area (Å²) < 4.78 is 5.34. The normalized spacial score (nSPS) is 11.8. The van der Waals surface area contributed by atoms with Gasteiger partial charge in [-0.25, -0.2) is 4.79 Å². The van der Waals surface area contributed by atoms with Gasteiger partial charge in [0.25, 0.3) is 5.91 Å². The molecule has 1 aromatic heterocycles. The molecule has 1 atom stereocenters. The van der Waals surface area contributed by atoms with E-state index in [9.17, 15) is 14.7 Å². The third-order valence-electron chi connectivity index (χ3n) is 4.69. The predicted octanol–water partition coefficient (Wildman–Crippen LogP) is 3.75. The van der Waals surface area contributed by atoms with E-state index in [1.807, 2.05) is 30.3 Å². The van der Waals surface area contributed by atoms with Crippen LogP contribution in [0, 0.1) is 0 Å². The van der Waals surface area contributed by atoms with Crippen LogP contribution in [0.2, 0.25) is 0 Å². The molecular formula is C22H22N2O4. The van der Waals surface area contributed by atoms with Gasteiger partial charge in [-0.05, 0) is 30.2 Å². The van der Waals surface area contributed by atoms with Gasteiger partial charge in [-0.3, -0.25) is 9.78 Å². The highest BCUT2D eigenvalue weighted by molar-refractivity contribution is 6.08. The van der Waals surface area contributed by atoms with E-state index >= 15 is 0 Å². The van der Waals surface area contributed by atoms with E-state index in [0.29, 0.717) is 28.6 Å². The predicted molar refractivity (Wildman–Crippen MR) is 106 cm³/mol. The summed E-state index contributed by atoms with van der Waals surface area (Å²) in [7, 11) is 1.55. The highest BCUT2D eigenvalue weighted by Gasteiger charge is 2.30. The van der Waals surface area contributed by atoms with Crippen LogP contribution >= 0.6 is 0 Å². The van der Waals surface area contributed by atoms with E-state index < -0.39 is 12.0 Å². The fraction of sp³-hybridized carbons (Fsp3) is 0.227. The first kappa shape index (κ1) is 19.4. The van der Waals surface area contributed by atoms with Crippen LogP contribution in [0.25, 0.3) is 10.9 Å². The average molecular weight is 378 g/mol. The number of rotatable bonds is 7. The fourth-order valence-corrected chi connectivity index (χ4v) is 3.28. The van der Waals surface area contributed by atoms with E-state index in [0.717, 1.165) is 5.56 Å². The summed E-state index contributed by atoms with van der Waals surface area (Å²) in [5, 5.41) is 10.3. The molecule has 0 saturated heterocycles. The van der Waals surface area contributed by atoms with Crippen LogP contribution in [0.5, 0.6) is 5.75 Å². The molecule has 0 aliphatic carbocycles. The van der Waals surface area contributed by atoms with Gasteiger partial charge in [-0.15, -0.1) is 0 Å². The lowest BCUT2D eigenvalue weighted by Crippen LogP contribution is -2.44. The molecular weight excluding hydrogens is 356 g/mol. The van der Waals surface area contributed by atoms with Gasteiger partial charge in [0.15, 0.2) is 0 Å². The van der Waals surface area contributed by atoms with Crippen LogP contribution in [-0.2, 0) is 11.3 Å². The van der Waals surface area contributed by atoms with E-state index in [4.69, 9.17) is 4.74 Å². The molecule has 2 aromatic carbocycles. The van der Waals surface area contributed by atoms with Gasteiger partial charge >= 0.3 is 5.97 Å². The maximum absolute atomic E-state index is 13.5. The Kier molecular flexibility index (Phi) is 5.89. The Balaban J connectivity index is 2.09. The Morgan fingerprint density at radius 2 is 1.86 bits per heavy atom. The number of carbonyl (C=O) groups is 2. The van der Waals surface area contributed by atoms with Gasteiger partial charge in [0.05, 0.1) is 7.11 Å². The number of methoxy groups -OCH3 is 1. The van der Waals surface area contributed by atoms with Crippen LogP contribution in [0.15, 0.2) is 60.8 Å². The highest BCUT2D eigenvalue weighted by Crippen LogP contribution is 2.28. The number of nitrogens with zero attached hydrogens (tertiary/aromatic N) is 2. The molecule has 6 nitrogen and oxygen atoms in total. The molecule has 0 radical (unpaired) electrons. The van der Waals surface area contributed by atoms with Crippen molar-refractivity contribution in [3.63, 3.8) is 0 Å². The Morgan fingerprint density at radius 1 is 1.11 bits per heavy atom. The van der Waals surface area contributed by atoms with E-state index in [1.54, 1.807) is 44.5 Å². The molecule has 0 aliphatic heterocycles. The zero-order chi connectivity index (χ0) is 20.1. The lowest BCUT2D eigenvalue weighted by molar-refractivity contribution is -0.142. The standard InChI is InChI=1S/C22H22N2O4/c1-3-18(22(26)27)24(14-15-8-5-4-6-9-15)21(25)17-11-12-19(28-2)20-16(17)10-7-13-23-20/h4-13,18H,3,14H2,1-2H3,(H,26,27). The monoisotopic (exact) mass is 378 g/mol. The lowest BCUT2D eigenvalue weighted by Gasteiger charge is -2.29. The number of carbonyl (C=O) groups excluding carboxylic acids is 1. The molecule has 0 saturated carbocycles. The molecule has 1 heterocycles. The maximum Gasteiger partial charge on any atom is 0.326 e. The fourth-order valence-electron chi connectivity index (χ4n) is 3.28. The number of fused-ring (bicyclic) bond motifs is 1. The zero-order valence-electron chi connectivity index (χ0n) is 15.8. The van der Waals surface area contributed by atoms with Gasteiger partial charge in [0, 0.05) is 23.7 Å². The van der Waals surface area contributed by atoms with E-state index in [1.165, 1.54) is 4.90 Å². The maximum atomic E-state index is 13.5. The van der Waals surface area contributed by atoms with Crippen LogP contribution < -0.4 is 4.74 Å². The van der Waals surface area contributed by atoms with Gasteiger partial charge in [0.2, 0.25) is 0 Å². The van der Waals surface area contributed by atoms with E-state index in [2.05, 4.69) is 4.98 Å². The summed E-state index contributed by atoms with van der Waals surface area (Å²) in [6.45, 7) is 1.97. The molecule has 3 aromatic rings. The van der Waals surface area contributed by atoms with Crippen molar-refractivity contribution in [3.05, 3.63) is 71.9 Å². The summed E-state index contributed by atoms with van der Waals surface area (Å²) in [6.07, 6.45) is 1.94. The summed E-state index contributed by atoms with van der Waals surface area (Å²) >= 11 is 0. The number of hydrogen-bond donors (Lipinski definition) is 1. The SMILES string of the molecule is CCC(C(=O)O)N(Cc1ccccc1)C(=O)c1ccc(OC)c2ncccc12. The number of aliphatic carboxylic acids is 1. The molecule has 0 aliphatic rings. The third-order valence-corrected chi connectivity index (χ3v) is 4.69. The second kappa shape index (κ2) is 8.52. The molecule has 1 unspecified atom stereocenters. The van der Waals surface area contributed by atoms with Gasteiger partial charge in [-0.1, -0.05) is 43.3 Å². The number of ether oxygens (including phenoxy) is 1. The molecule has 0 bridgehead atoms. The molecule has 0 spiro atoms. The number of pyridine rings is 1. The summed E-state index contributed by atoms with van der Waals surface area (Å²) in [5.41, 5.74) is 1.84. The Labute approximate surface area is 163 Å². The van der Waals surface area contributed by atoms with Crippen LogP contribution in [0.4, 0.5) is 0 Å². The number of hydrogen-bond acceptors (Lipinski definition) is 4.